The van der Waals surface area contributed by atoms with Gasteiger partial charge < -0.3 is 18.9 Å². The zero-order valence-electron chi connectivity index (χ0n) is 21.2. The van der Waals surface area contributed by atoms with Gasteiger partial charge in [-0.05, 0) is 83.1 Å². The third kappa shape index (κ3) is 5.44. The van der Waals surface area contributed by atoms with Crippen LogP contribution >= 0.6 is 11.6 Å². The van der Waals surface area contributed by atoms with Gasteiger partial charge in [0.2, 0.25) is 5.88 Å². The fourth-order valence-electron chi connectivity index (χ4n) is 4.10. The Bertz CT molecular complexity index is 1380. The van der Waals surface area contributed by atoms with Gasteiger partial charge in [0, 0.05) is 23.3 Å². The molecule has 5 rings (SSSR count). The second-order valence-corrected chi connectivity index (χ2v) is 10.3. The minimum Gasteiger partial charge on any atom is -0.494 e. The zero-order chi connectivity index (χ0) is 25.3. The monoisotopic (exact) mass is 506 g/mol. The molecule has 1 aromatic carbocycles. The van der Waals surface area contributed by atoms with Crippen molar-refractivity contribution in [2.24, 2.45) is 0 Å². The van der Waals surface area contributed by atoms with Crippen LogP contribution in [0.2, 0.25) is 5.02 Å². The van der Waals surface area contributed by atoms with Crippen LogP contribution in [0.1, 0.15) is 37.4 Å². The minimum atomic E-state index is -0.179. The van der Waals surface area contributed by atoms with Gasteiger partial charge in [-0.15, -0.1) is 0 Å². The lowest BCUT2D eigenvalue weighted by Gasteiger charge is -2.13. The molecule has 1 aliphatic rings. The average Bonchev–Trinajstić information content (AvgIpc) is 3.45. The quantitative estimate of drug-likeness (QED) is 0.275. The molecule has 8 nitrogen and oxygen atoms in total. The molecule has 3 heterocycles. The third-order valence-corrected chi connectivity index (χ3v) is 6.59. The van der Waals surface area contributed by atoms with Crippen LogP contribution in [0.15, 0.2) is 42.9 Å². The first-order chi connectivity index (χ1) is 17.3. The Balaban J connectivity index is 1.53. The van der Waals surface area contributed by atoms with Crippen LogP contribution in [0, 0.1) is 6.92 Å². The smallest absolute Gasteiger partial charge is 0.245 e. The highest BCUT2D eigenvalue weighted by atomic mass is 35.5. The number of ether oxygens (including phenoxy) is 2. The third-order valence-electron chi connectivity index (χ3n) is 6.35. The predicted octanol–water partition coefficient (Wildman–Crippen LogP) is 5.16. The van der Waals surface area contributed by atoms with Gasteiger partial charge in [0.1, 0.15) is 23.5 Å². The summed E-state index contributed by atoms with van der Waals surface area (Å²) >= 11 is 6.25. The van der Waals surface area contributed by atoms with Crippen LogP contribution in [0.25, 0.3) is 22.6 Å². The normalized spacial score (nSPS) is 14.4. The molecule has 36 heavy (non-hydrogen) atoms. The average molecular weight is 507 g/mol. The molecular formula is C27H31ClN6O2. The molecule has 3 aromatic heterocycles. The van der Waals surface area contributed by atoms with Gasteiger partial charge >= 0.3 is 0 Å². The van der Waals surface area contributed by atoms with E-state index in [1.54, 1.807) is 12.3 Å². The van der Waals surface area contributed by atoms with Gasteiger partial charge in [-0.1, -0.05) is 11.6 Å². The standard InChI is InChI=1S/C27H31ClN6O2/c1-18-14-21(35-13-5-12-33(3)4)6-7-22(18)24-32-23-25(30-17-31-26(23)36-27(2)9-10-27)34(24)16-20-15-19(28)8-11-29-20/h6-8,11,14-15,17H,5,9-10,12-13,16H2,1-4H3. The number of rotatable bonds is 10. The van der Waals surface area contributed by atoms with Crippen LogP contribution in [-0.4, -0.2) is 62.3 Å². The maximum atomic E-state index is 6.25. The molecule has 0 amide bonds. The summed E-state index contributed by atoms with van der Waals surface area (Å²) in [6.07, 6.45) is 6.23. The van der Waals surface area contributed by atoms with E-state index >= 15 is 0 Å². The Morgan fingerprint density at radius 3 is 2.67 bits per heavy atom. The number of hydrogen-bond donors (Lipinski definition) is 0. The molecule has 0 unspecified atom stereocenters. The molecule has 1 saturated carbocycles. The topological polar surface area (TPSA) is 78.2 Å². The molecule has 0 N–H and O–H groups in total. The number of imidazole rings is 1. The van der Waals surface area contributed by atoms with Crippen molar-refractivity contribution >= 4 is 22.8 Å². The van der Waals surface area contributed by atoms with E-state index in [-0.39, 0.29) is 5.60 Å². The van der Waals surface area contributed by atoms with Gasteiger partial charge in [0.15, 0.2) is 11.2 Å². The van der Waals surface area contributed by atoms with Crippen molar-refractivity contribution in [1.82, 2.24) is 29.4 Å². The Kier molecular flexibility index (Phi) is 6.81. The molecule has 0 bridgehead atoms. The van der Waals surface area contributed by atoms with E-state index < -0.39 is 0 Å². The summed E-state index contributed by atoms with van der Waals surface area (Å²) in [5, 5.41) is 0.637. The SMILES string of the molecule is Cc1cc(OCCCN(C)C)ccc1-c1nc2c(OC3(C)CC3)ncnc2n1Cc1cc(Cl)ccn1. The molecule has 4 aromatic rings. The van der Waals surface area contributed by atoms with E-state index in [1.807, 2.05) is 12.1 Å². The Hall–Kier alpha value is -3.23. The van der Waals surface area contributed by atoms with Crippen molar-refractivity contribution < 1.29 is 9.47 Å². The number of nitrogens with zero attached hydrogens (tertiary/aromatic N) is 6. The van der Waals surface area contributed by atoms with E-state index in [4.69, 9.17) is 26.1 Å². The zero-order valence-corrected chi connectivity index (χ0v) is 21.9. The van der Waals surface area contributed by atoms with E-state index in [0.717, 1.165) is 54.2 Å². The molecular weight excluding hydrogens is 476 g/mol. The molecule has 9 heteroatoms. The number of aryl methyl sites for hydroxylation is 1. The molecule has 1 fully saturated rings. The Labute approximate surface area is 216 Å². The van der Waals surface area contributed by atoms with Gasteiger partial charge in [0.25, 0.3) is 0 Å². The number of benzene rings is 1. The molecule has 0 spiro atoms. The van der Waals surface area contributed by atoms with Gasteiger partial charge in [-0.3, -0.25) is 4.98 Å². The minimum absolute atomic E-state index is 0.179. The van der Waals surface area contributed by atoms with Crippen molar-refractivity contribution in [3.63, 3.8) is 0 Å². The first-order valence-corrected chi connectivity index (χ1v) is 12.6. The summed E-state index contributed by atoms with van der Waals surface area (Å²) in [5.74, 6) is 2.13. The maximum absolute atomic E-state index is 6.25. The fourth-order valence-corrected chi connectivity index (χ4v) is 4.28. The molecule has 1 aliphatic carbocycles. The highest BCUT2D eigenvalue weighted by molar-refractivity contribution is 6.30. The van der Waals surface area contributed by atoms with Crippen LogP contribution < -0.4 is 9.47 Å². The maximum Gasteiger partial charge on any atom is 0.245 e. The van der Waals surface area contributed by atoms with Crippen molar-refractivity contribution in [1.29, 1.82) is 0 Å². The van der Waals surface area contributed by atoms with E-state index in [0.29, 0.717) is 35.2 Å². The van der Waals surface area contributed by atoms with Gasteiger partial charge in [0.05, 0.1) is 18.8 Å². The highest BCUT2D eigenvalue weighted by Crippen LogP contribution is 2.41. The van der Waals surface area contributed by atoms with Crippen LogP contribution in [0.3, 0.4) is 0 Å². The van der Waals surface area contributed by atoms with Crippen molar-refractivity contribution in [2.45, 2.75) is 45.3 Å². The van der Waals surface area contributed by atoms with E-state index in [2.05, 4.69) is 64.5 Å². The van der Waals surface area contributed by atoms with Crippen LogP contribution in [-0.2, 0) is 6.54 Å². The van der Waals surface area contributed by atoms with E-state index in [1.165, 1.54) is 6.33 Å². The summed E-state index contributed by atoms with van der Waals surface area (Å²) in [4.78, 5) is 20.7. The largest absolute Gasteiger partial charge is 0.494 e. The second kappa shape index (κ2) is 10.0. The van der Waals surface area contributed by atoms with Crippen LogP contribution in [0.4, 0.5) is 0 Å². The van der Waals surface area contributed by atoms with Crippen molar-refractivity contribution in [3.8, 4) is 23.0 Å². The highest BCUT2D eigenvalue weighted by Gasteiger charge is 2.41. The van der Waals surface area contributed by atoms with Gasteiger partial charge in [-0.2, -0.15) is 4.98 Å². The lowest BCUT2D eigenvalue weighted by molar-refractivity contribution is 0.194. The first-order valence-electron chi connectivity index (χ1n) is 12.2. The molecule has 0 radical (unpaired) electrons. The Morgan fingerprint density at radius 1 is 1.11 bits per heavy atom. The van der Waals surface area contributed by atoms with E-state index in [9.17, 15) is 0 Å². The van der Waals surface area contributed by atoms with Crippen LogP contribution in [0.5, 0.6) is 11.6 Å². The molecule has 188 valence electrons. The Morgan fingerprint density at radius 2 is 1.94 bits per heavy atom. The summed E-state index contributed by atoms with van der Waals surface area (Å²) in [6.45, 7) is 6.28. The number of aromatic nitrogens is 5. The van der Waals surface area contributed by atoms with Crippen molar-refractivity contribution in [2.75, 3.05) is 27.2 Å². The summed E-state index contributed by atoms with van der Waals surface area (Å²) in [5.41, 5.74) is 4.02. The molecule has 0 atom stereocenters. The number of fused-ring (bicyclic) bond motifs is 1. The van der Waals surface area contributed by atoms with Gasteiger partial charge in [-0.25, -0.2) is 9.97 Å². The summed E-state index contributed by atoms with van der Waals surface area (Å²) in [6, 6.07) is 9.73. The fraction of sp³-hybridized carbons (Fsp3) is 0.407. The number of halogens is 1. The van der Waals surface area contributed by atoms with Crippen molar-refractivity contribution in [3.05, 3.63) is 59.1 Å². The number of pyridine rings is 1. The number of hydrogen-bond acceptors (Lipinski definition) is 7. The molecule has 0 saturated heterocycles. The predicted molar refractivity (Wildman–Crippen MR) is 141 cm³/mol. The lowest BCUT2D eigenvalue weighted by atomic mass is 10.1. The summed E-state index contributed by atoms with van der Waals surface area (Å²) < 4.78 is 14.3. The second-order valence-electron chi connectivity index (χ2n) is 9.87. The lowest BCUT2D eigenvalue weighted by Crippen LogP contribution is -2.15. The summed E-state index contributed by atoms with van der Waals surface area (Å²) in [7, 11) is 4.13. The molecule has 0 aliphatic heterocycles. The first kappa shape index (κ1) is 24.5.